The Balaban J connectivity index is 2.65. The van der Waals surface area contributed by atoms with Crippen LogP contribution in [0.25, 0.3) is 0 Å². The monoisotopic (exact) mass is 236 g/mol. The Bertz CT molecular complexity index is 341. The highest BCUT2D eigenvalue weighted by Gasteiger charge is 2.19. The van der Waals surface area contributed by atoms with Crippen LogP contribution in [0, 0.1) is 0 Å². The van der Waals surface area contributed by atoms with Crippen molar-refractivity contribution in [2.45, 2.75) is 18.9 Å². The van der Waals surface area contributed by atoms with Crippen LogP contribution in [0.1, 0.15) is 18.4 Å². The fourth-order valence-electron chi connectivity index (χ4n) is 1.71. The smallest absolute Gasteiger partial charge is 0.229 e. The standard InChI is InChI=1S/C13H20N2O2/c1-10(9-17-2)15-13(16)12(8-14)11-6-4-3-5-7-11/h3-7,10,12H,8-9,14H2,1-2H3,(H,15,16). The molecule has 1 aromatic carbocycles. The molecule has 0 saturated heterocycles. The van der Waals surface area contributed by atoms with E-state index in [2.05, 4.69) is 5.32 Å². The van der Waals surface area contributed by atoms with Gasteiger partial charge in [0.15, 0.2) is 0 Å². The molecule has 0 aliphatic carbocycles. The van der Waals surface area contributed by atoms with E-state index < -0.39 is 0 Å². The van der Waals surface area contributed by atoms with Crippen LogP contribution in [0.15, 0.2) is 30.3 Å². The van der Waals surface area contributed by atoms with E-state index >= 15 is 0 Å². The Morgan fingerprint density at radius 2 is 2.06 bits per heavy atom. The first-order valence-electron chi connectivity index (χ1n) is 5.73. The summed E-state index contributed by atoms with van der Waals surface area (Å²) in [5.74, 6) is -0.348. The molecule has 3 N–H and O–H groups in total. The molecule has 0 spiro atoms. The second-order valence-electron chi connectivity index (χ2n) is 4.06. The summed E-state index contributed by atoms with van der Waals surface area (Å²) < 4.78 is 4.98. The summed E-state index contributed by atoms with van der Waals surface area (Å²) in [5.41, 5.74) is 6.61. The first-order chi connectivity index (χ1) is 8.19. The molecule has 0 aromatic heterocycles. The highest BCUT2D eigenvalue weighted by molar-refractivity contribution is 5.84. The Kier molecular flexibility index (Phi) is 5.66. The highest BCUT2D eigenvalue weighted by Crippen LogP contribution is 2.14. The van der Waals surface area contributed by atoms with Crippen LogP contribution in [0.4, 0.5) is 0 Å². The summed E-state index contributed by atoms with van der Waals surface area (Å²) in [5, 5.41) is 2.89. The number of hydrogen-bond acceptors (Lipinski definition) is 3. The van der Waals surface area contributed by atoms with E-state index in [1.165, 1.54) is 0 Å². The van der Waals surface area contributed by atoms with Gasteiger partial charge in [-0.05, 0) is 12.5 Å². The first-order valence-corrected chi connectivity index (χ1v) is 5.73. The zero-order chi connectivity index (χ0) is 12.7. The van der Waals surface area contributed by atoms with E-state index in [-0.39, 0.29) is 17.9 Å². The van der Waals surface area contributed by atoms with Crippen molar-refractivity contribution in [3.05, 3.63) is 35.9 Å². The first kappa shape index (κ1) is 13.7. The average Bonchev–Trinajstić information content (AvgIpc) is 2.31. The Labute approximate surface area is 102 Å². The number of ether oxygens (including phenoxy) is 1. The van der Waals surface area contributed by atoms with Crippen LogP contribution < -0.4 is 11.1 Å². The predicted molar refractivity (Wildman–Crippen MR) is 67.7 cm³/mol. The molecule has 0 aliphatic heterocycles. The second-order valence-corrected chi connectivity index (χ2v) is 4.06. The minimum Gasteiger partial charge on any atom is -0.383 e. The predicted octanol–water partition coefficient (Wildman–Crippen LogP) is 0.880. The van der Waals surface area contributed by atoms with Gasteiger partial charge >= 0.3 is 0 Å². The number of amides is 1. The van der Waals surface area contributed by atoms with E-state index in [0.29, 0.717) is 13.2 Å². The van der Waals surface area contributed by atoms with Gasteiger partial charge in [-0.25, -0.2) is 0 Å². The largest absolute Gasteiger partial charge is 0.383 e. The van der Waals surface area contributed by atoms with Gasteiger partial charge < -0.3 is 15.8 Å². The number of nitrogens with two attached hydrogens (primary N) is 1. The Morgan fingerprint density at radius 1 is 1.41 bits per heavy atom. The molecule has 1 rings (SSSR count). The number of carbonyl (C=O) groups is 1. The minimum atomic E-state index is -0.296. The van der Waals surface area contributed by atoms with Crippen LogP contribution in [-0.4, -0.2) is 32.2 Å². The molecule has 0 saturated carbocycles. The number of nitrogens with one attached hydrogen (secondary N) is 1. The zero-order valence-electron chi connectivity index (χ0n) is 10.3. The van der Waals surface area contributed by atoms with Crippen LogP contribution in [0.2, 0.25) is 0 Å². The quantitative estimate of drug-likeness (QED) is 0.770. The van der Waals surface area contributed by atoms with Crippen molar-refractivity contribution in [1.82, 2.24) is 5.32 Å². The molecule has 4 nitrogen and oxygen atoms in total. The molecule has 2 atom stereocenters. The molecule has 0 bridgehead atoms. The summed E-state index contributed by atoms with van der Waals surface area (Å²) in [6.07, 6.45) is 0. The van der Waals surface area contributed by atoms with E-state index in [0.717, 1.165) is 5.56 Å². The summed E-state index contributed by atoms with van der Waals surface area (Å²) in [7, 11) is 1.61. The fourth-order valence-corrected chi connectivity index (χ4v) is 1.71. The lowest BCUT2D eigenvalue weighted by Crippen LogP contribution is -2.40. The molecular weight excluding hydrogens is 216 g/mol. The number of rotatable bonds is 6. The molecule has 1 aromatic rings. The van der Waals surface area contributed by atoms with Crippen molar-refractivity contribution in [1.29, 1.82) is 0 Å². The van der Waals surface area contributed by atoms with Gasteiger partial charge in [0.05, 0.1) is 12.5 Å². The van der Waals surface area contributed by atoms with E-state index in [4.69, 9.17) is 10.5 Å². The van der Waals surface area contributed by atoms with Crippen LogP contribution >= 0.6 is 0 Å². The molecule has 17 heavy (non-hydrogen) atoms. The van der Waals surface area contributed by atoms with Crippen molar-refractivity contribution in [3.63, 3.8) is 0 Å². The number of hydrogen-bond donors (Lipinski definition) is 2. The highest BCUT2D eigenvalue weighted by atomic mass is 16.5. The van der Waals surface area contributed by atoms with E-state index in [1.54, 1.807) is 7.11 Å². The second kappa shape index (κ2) is 7.04. The molecule has 4 heteroatoms. The number of carbonyl (C=O) groups excluding carboxylic acids is 1. The number of methoxy groups -OCH3 is 1. The summed E-state index contributed by atoms with van der Waals surface area (Å²) in [6.45, 7) is 2.70. The van der Waals surface area contributed by atoms with Gasteiger partial charge in [-0.2, -0.15) is 0 Å². The normalized spacial score (nSPS) is 14.1. The van der Waals surface area contributed by atoms with Crippen molar-refractivity contribution in [2.24, 2.45) is 5.73 Å². The maximum Gasteiger partial charge on any atom is 0.229 e. The third-order valence-corrected chi connectivity index (χ3v) is 2.56. The molecule has 1 amide bonds. The third kappa shape index (κ3) is 4.17. The summed E-state index contributed by atoms with van der Waals surface area (Å²) in [6, 6.07) is 9.55. The maximum atomic E-state index is 12.0. The SMILES string of the molecule is COCC(C)NC(=O)C(CN)c1ccccc1. The maximum absolute atomic E-state index is 12.0. The Morgan fingerprint density at radius 3 is 2.59 bits per heavy atom. The van der Waals surface area contributed by atoms with Crippen molar-refractivity contribution in [2.75, 3.05) is 20.3 Å². The zero-order valence-corrected chi connectivity index (χ0v) is 10.3. The van der Waals surface area contributed by atoms with Gasteiger partial charge in [0.2, 0.25) is 5.91 Å². The average molecular weight is 236 g/mol. The third-order valence-electron chi connectivity index (χ3n) is 2.56. The molecule has 0 fully saturated rings. The van der Waals surface area contributed by atoms with Gasteiger partial charge in [0, 0.05) is 19.7 Å². The molecule has 94 valence electrons. The Hall–Kier alpha value is -1.39. The van der Waals surface area contributed by atoms with E-state index in [9.17, 15) is 4.79 Å². The van der Waals surface area contributed by atoms with Crippen LogP contribution in [0.3, 0.4) is 0 Å². The fraction of sp³-hybridized carbons (Fsp3) is 0.462. The van der Waals surface area contributed by atoms with Gasteiger partial charge in [-0.15, -0.1) is 0 Å². The lowest BCUT2D eigenvalue weighted by Gasteiger charge is -2.19. The lowest BCUT2D eigenvalue weighted by atomic mass is 9.98. The van der Waals surface area contributed by atoms with Crippen LogP contribution in [0.5, 0.6) is 0 Å². The molecular formula is C13H20N2O2. The number of benzene rings is 1. The van der Waals surface area contributed by atoms with Gasteiger partial charge in [-0.1, -0.05) is 30.3 Å². The molecule has 0 aliphatic rings. The van der Waals surface area contributed by atoms with Crippen molar-refractivity contribution >= 4 is 5.91 Å². The lowest BCUT2D eigenvalue weighted by molar-refractivity contribution is -0.123. The molecule has 0 radical (unpaired) electrons. The van der Waals surface area contributed by atoms with Crippen molar-refractivity contribution in [3.8, 4) is 0 Å². The molecule has 0 heterocycles. The van der Waals surface area contributed by atoms with Crippen LogP contribution in [-0.2, 0) is 9.53 Å². The van der Waals surface area contributed by atoms with Gasteiger partial charge in [-0.3, -0.25) is 4.79 Å². The summed E-state index contributed by atoms with van der Waals surface area (Å²) >= 11 is 0. The minimum absolute atomic E-state index is 0.00902. The van der Waals surface area contributed by atoms with Crippen molar-refractivity contribution < 1.29 is 9.53 Å². The summed E-state index contributed by atoms with van der Waals surface area (Å²) in [4.78, 5) is 12.0. The topological polar surface area (TPSA) is 64.3 Å². The van der Waals surface area contributed by atoms with E-state index in [1.807, 2.05) is 37.3 Å². The van der Waals surface area contributed by atoms with Gasteiger partial charge in [0.25, 0.3) is 0 Å². The van der Waals surface area contributed by atoms with Gasteiger partial charge in [0.1, 0.15) is 0 Å². The molecule has 2 unspecified atom stereocenters.